The average molecular weight is 361 g/mol. The maximum atomic E-state index is 5.66. The fraction of sp³-hybridized carbons (Fsp3) is 0.385. The molecule has 0 radical (unpaired) electrons. The van der Waals surface area contributed by atoms with Crippen LogP contribution >= 0.6 is 0 Å². The van der Waals surface area contributed by atoms with Gasteiger partial charge in [0, 0.05) is 11.1 Å². The van der Waals surface area contributed by atoms with Crippen molar-refractivity contribution in [1.29, 1.82) is 0 Å². The van der Waals surface area contributed by atoms with Gasteiger partial charge in [-0.1, -0.05) is 75.7 Å². The van der Waals surface area contributed by atoms with Gasteiger partial charge in [0.15, 0.2) is 0 Å². The Morgan fingerprint density at radius 2 is 1.37 bits per heavy atom. The highest BCUT2D eigenvalue weighted by molar-refractivity contribution is 5.44. The summed E-state index contributed by atoms with van der Waals surface area (Å²) in [6.45, 7) is 4.99. The van der Waals surface area contributed by atoms with Crippen LogP contribution in [0.4, 0.5) is 0 Å². The summed E-state index contributed by atoms with van der Waals surface area (Å²) in [7, 11) is 0. The molecule has 0 heterocycles. The first-order chi connectivity index (χ1) is 13.3. The van der Waals surface area contributed by atoms with Gasteiger partial charge in [0.05, 0.1) is 0 Å². The number of unbranched alkanes of at least 4 members (excludes halogenated alkanes) is 4. The molecule has 27 heavy (non-hydrogen) atoms. The van der Waals surface area contributed by atoms with E-state index in [1.165, 1.54) is 44.1 Å². The van der Waals surface area contributed by atoms with Crippen LogP contribution in [0.3, 0.4) is 0 Å². The molecule has 0 spiro atoms. The number of ether oxygens (including phenoxy) is 1. The van der Waals surface area contributed by atoms with Crippen LogP contribution in [0.2, 0.25) is 0 Å². The summed E-state index contributed by atoms with van der Waals surface area (Å²) in [6.07, 6.45) is 13.0. The summed E-state index contributed by atoms with van der Waals surface area (Å²) in [5.41, 5.74) is 3.48. The molecule has 0 unspecified atom stereocenters. The van der Waals surface area contributed by atoms with Gasteiger partial charge in [-0.25, -0.2) is 0 Å². The first-order valence-electron chi connectivity index (χ1n) is 10.3. The van der Waals surface area contributed by atoms with Gasteiger partial charge in [-0.3, -0.25) is 0 Å². The summed E-state index contributed by atoms with van der Waals surface area (Å²) in [6, 6.07) is 16.7. The van der Waals surface area contributed by atoms with Crippen molar-refractivity contribution < 1.29 is 4.74 Å². The molecular formula is C26H32O. The second-order valence-corrected chi connectivity index (χ2v) is 6.83. The SMILES string of the molecule is CCC=CCOc1ccc(C#Cc2ccc(CCCCCCC)cc2)cc1. The lowest BCUT2D eigenvalue weighted by molar-refractivity contribution is 0.362. The molecule has 0 fully saturated rings. The van der Waals surface area contributed by atoms with Crippen LogP contribution in [0.25, 0.3) is 0 Å². The zero-order chi connectivity index (χ0) is 19.2. The Kier molecular flexibility index (Phi) is 9.90. The van der Waals surface area contributed by atoms with E-state index in [0.29, 0.717) is 6.61 Å². The average Bonchev–Trinajstić information content (AvgIpc) is 2.71. The van der Waals surface area contributed by atoms with Crippen molar-refractivity contribution in [1.82, 2.24) is 0 Å². The molecule has 2 aromatic rings. The molecule has 0 aliphatic heterocycles. The Bertz CT molecular complexity index is 727. The molecule has 0 N–H and O–H groups in total. The lowest BCUT2D eigenvalue weighted by atomic mass is 10.0. The predicted molar refractivity (Wildman–Crippen MR) is 116 cm³/mol. The lowest BCUT2D eigenvalue weighted by Crippen LogP contribution is -1.92. The second-order valence-electron chi connectivity index (χ2n) is 6.83. The van der Waals surface area contributed by atoms with Crippen LogP contribution in [0.1, 0.15) is 69.1 Å². The molecule has 1 heteroatoms. The molecule has 2 aromatic carbocycles. The highest BCUT2D eigenvalue weighted by Crippen LogP contribution is 2.13. The predicted octanol–water partition coefficient (Wildman–Crippen LogP) is 6.94. The summed E-state index contributed by atoms with van der Waals surface area (Å²) < 4.78 is 5.66. The molecule has 1 nitrogen and oxygen atoms in total. The Hall–Kier alpha value is -2.46. The largest absolute Gasteiger partial charge is 0.490 e. The minimum Gasteiger partial charge on any atom is -0.490 e. The first kappa shape index (κ1) is 20.8. The third-order valence-electron chi connectivity index (χ3n) is 4.48. The monoisotopic (exact) mass is 360 g/mol. The van der Waals surface area contributed by atoms with E-state index in [2.05, 4.69) is 56.0 Å². The van der Waals surface area contributed by atoms with Gasteiger partial charge >= 0.3 is 0 Å². The van der Waals surface area contributed by atoms with Gasteiger partial charge < -0.3 is 4.74 Å². The quantitative estimate of drug-likeness (QED) is 0.253. The Balaban J connectivity index is 1.81. The van der Waals surface area contributed by atoms with Crippen molar-refractivity contribution in [3.63, 3.8) is 0 Å². The van der Waals surface area contributed by atoms with Crippen LogP contribution in [0.5, 0.6) is 5.75 Å². The van der Waals surface area contributed by atoms with Gasteiger partial charge in [-0.2, -0.15) is 0 Å². The van der Waals surface area contributed by atoms with Crippen LogP contribution in [0, 0.1) is 11.8 Å². The van der Waals surface area contributed by atoms with E-state index in [1.807, 2.05) is 30.3 Å². The third kappa shape index (κ3) is 8.65. The highest BCUT2D eigenvalue weighted by atomic mass is 16.5. The van der Waals surface area contributed by atoms with Gasteiger partial charge in [0.1, 0.15) is 12.4 Å². The van der Waals surface area contributed by atoms with Crippen molar-refractivity contribution in [2.75, 3.05) is 6.61 Å². The van der Waals surface area contributed by atoms with Crippen molar-refractivity contribution in [3.8, 4) is 17.6 Å². The first-order valence-corrected chi connectivity index (χ1v) is 10.3. The topological polar surface area (TPSA) is 9.23 Å². The number of allylic oxidation sites excluding steroid dienone is 1. The second kappa shape index (κ2) is 12.8. The molecule has 0 aromatic heterocycles. The smallest absolute Gasteiger partial charge is 0.119 e. The minimum atomic E-state index is 0.615. The fourth-order valence-corrected chi connectivity index (χ4v) is 2.85. The molecule has 0 bridgehead atoms. The maximum absolute atomic E-state index is 5.66. The zero-order valence-electron chi connectivity index (χ0n) is 16.8. The summed E-state index contributed by atoms with van der Waals surface area (Å²) in [5.74, 6) is 7.36. The standard InChI is InChI=1S/C26H32O/c1-3-5-7-8-9-11-23-12-14-24(15-13-23)16-17-25-18-20-26(21-19-25)27-22-10-6-4-2/h6,10,12-15,18-21H,3-5,7-9,11,22H2,1-2H3. The van der Waals surface area contributed by atoms with Gasteiger partial charge in [0.25, 0.3) is 0 Å². The molecule has 0 saturated carbocycles. The van der Waals surface area contributed by atoms with E-state index in [4.69, 9.17) is 4.74 Å². The number of hydrogen-bond acceptors (Lipinski definition) is 1. The van der Waals surface area contributed by atoms with Crippen molar-refractivity contribution in [3.05, 3.63) is 77.4 Å². The Morgan fingerprint density at radius 1 is 0.741 bits per heavy atom. The van der Waals surface area contributed by atoms with E-state index in [1.54, 1.807) is 0 Å². The van der Waals surface area contributed by atoms with E-state index in [9.17, 15) is 0 Å². The number of hydrogen-bond donors (Lipinski definition) is 0. The summed E-state index contributed by atoms with van der Waals surface area (Å²) in [4.78, 5) is 0. The third-order valence-corrected chi connectivity index (χ3v) is 4.48. The summed E-state index contributed by atoms with van der Waals surface area (Å²) >= 11 is 0. The van der Waals surface area contributed by atoms with Crippen molar-refractivity contribution in [2.24, 2.45) is 0 Å². The lowest BCUT2D eigenvalue weighted by Gasteiger charge is -2.02. The number of aryl methyl sites for hydroxylation is 1. The van der Waals surface area contributed by atoms with Crippen LogP contribution in [0.15, 0.2) is 60.7 Å². The highest BCUT2D eigenvalue weighted by Gasteiger charge is 1.95. The molecule has 0 atom stereocenters. The van der Waals surface area contributed by atoms with Gasteiger partial charge in [-0.15, -0.1) is 0 Å². The Morgan fingerprint density at radius 3 is 2.00 bits per heavy atom. The zero-order valence-corrected chi connectivity index (χ0v) is 16.8. The number of benzene rings is 2. The molecule has 0 amide bonds. The normalized spacial score (nSPS) is 10.6. The van der Waals surface area contributed by atoms with E-state index in [0.717, 1.165) is 23.3 Å². The molecule has 2 rings (SSSR count). The maximum Gasteiger partial charge on any atom is 0.119 e. The van der Waals surface area contributed by atoms with Crippen molar-refractivity contribution >= 4 is 0 Å². The minimum absolute atomic E-state index is 0.615. The summed E-state index contributed by atoms with van der Waals surface area (Å²) in [5, 5.41) is 0. The molecule has 0 aliphatic rings. The molecule has 0 saturated heterocycles. The molecule has 0 aliphatic carbocycles. The van der Waals surface area contributed by atoms with E-state index < -0.39 is 0 Å². The van der Waals surface area contributed by atoms with Crippen LogP contribution in [-0.2, 0) is 6.42 Å². The Labute approximate surface area is 165 Å². The van der Waals surface area contributed by atoms with Gasteiger partial charge in [-0.05, 0) is 61.2 Å². The van der Waals surface area contributed by atoms with E-state index >= 15 is 0 Å². The number of rotatable bonds is 10. The molecular weight excluding hydrogens is 328 g/mol. The van der Waals surface area contributed by atoms with Crippen molar-refractivity contribution in [2.45, 2.75) is 58.8 Å². The van der Waals surface area contributed by atoms with Crippen LogP contribution in [-0.4, -0.2) is 6.61 Å². The van der Waals surface area contributed by atoms with E-state index in [-0.39, 0.29) is 0 Å². The van der Waals surface area contributed by atoms with Crippen LogP contribution < -0.4 is 4.74 Å². The molecule has 142 valence electrons. The van der Waals surface area contributed by atoms with Gasteiger partial charge in [0.2, 0.25) is 0 Å². The fourth-order valence-electron chi connectivity index (χ4n) is 2.85.